The largest absolute Gasteiger partial charge is 0.549 e. The molecule has 0 aromatic carbocycles. The summed E-state index contributed by atoms with van der Waals surface area (Å²) < 4.78 is 21.7. The molecule has 2 fully saturated rings. The second kappa shape index (κ2) is 14.9. The van der Waals surface area contributed by atoms with E-state index in [1.54, 1.807) is 0 Å². The molecule has 0 aromatic heterocycles. The van der Waals surface area contributed by atoms with Crippen LogP contribution in [-0.2, 0) is 18.4 Å². The first-order valence-corrected chi connectivity index (χ1v) is 13.0. The highest BCUT2D eigenvalue weighted by molar-refractivity contribution is 7.55. The predicted octanol–water partition coefficient (Wildman–Crippen LogP) is 2.25. The summed E-state index contributed by atoms with van der Waals surface area (Å²) in [4.78, 5) is 20.3. The highest BCUT2D eigenvalue weighted by atomic mass is 31.2. The Morgan fingerprint density at radius 1 is 1.00 bits per heavy atom. The van der Waals surface area contributed by atoms with Gasteiger partial charge >= 0.3 is 7.60 Å². The molecule has 0 aromatic rings. The SMILES string of the molecule is C1CCC([NH2+]C2CCCCC2)CC1.CCOP(=O)(OCC)C(CC[N+](=O)[O-])C(=O)[O-]. The fourth-order valence-electron chi connectivity index (χ4n) is 4.25. The van der Waals surface area contributed by atoms with E-state index in [9.17, 15) is 24.6 Å². The van der Waals surface area contributed by atoms with Gasteiger partial charge in [0, 0.05) is 11.3 Å². The van der Waals surface area contributed by atoms with Crippen molar-refractivity contribution in [1.82, 2.24) is 0 Å². The van der Waals surface area contributed by atoms with E-state index in [1.807, 2.05) is 0 Å². The molecule has 1 unspecified atom stereocenters. The number of carbonyl (C=O) groups excluding carboxylic acids is 1. The predicted molar refractivity (Wildman–Crippen MR) is 112 cm³/mol. The van der Waals surface area contributed by atoms with Crippen LogP contribution in [0.5, 0.6) is 0 Å². The van der Waals surface area contributed by atoms with Gasteiger partial charge in [0.2, 0.25) is 6.54 Å². The first-order valence-electron chi connectivity index (χ1n) is 11.4. The molecule has 9 nitrogen and oxygen atoms in total. The molecule has 2 saturated carbocycles. The van der Waals surface area contributed by atoms with E-state index >= 15 is 0 Å². The van der Waals surface area contributed by atoms with E-state index in [0.29, 0.717) is 0 Å². The molecule has 0 bridgehead atoms. The molecule has 2 aliphatic carbocycles. The molecule has 176 valence electrons. The van der Waals surface area contributed by atoms with E-state index in [2.05, 4.69) is 5.32 Å². The van der Waals surface area contributed by atoms with E-state index in [4.69, 9.17) is 9.05 Å². The fraction of sp³-hybridized carbons (Fsp3) is 0.950. The normalized spacial score (nSPS) is 19.5. The van der Waals surface area contributed by atoms with Crippen LogP contribution in [0.25, 0.3) is 0 Å². The van der Waals surface area contributed by atoms with Gasteiger partial charge in [-0.2, -0.15) is 0 Å². The number of hydrogen-bond acceptors (Lipinski definition) is 7. The Balaban J connectivity index is 0.000000308. The number of aliphatic carboxylic acids is 1. The highest BCUT2D eigenvalue weighted by Gasteiger charge is 2.37. The molecule has 2 aliphatic rings. The van der Waals surface area contributed by atoms with Crippen LogP contribution in [0.1, 0.15) is 84.5 Å². The first-order chi connectivity index (χ1) is 14.3. The summed E-state index contributed by atoms with van der Waals surface area (Å²) in [6.07, 6.45) is 14.5. The second-order valence-electron chi connectivity index (χ2n) is 8.04. The summed E-state index contributed by atoms with van der Waals surface area (Å²) >= 11 is 0. The summed E-state index contributed by atoms with van der Waals surface area (Å²) in [6.45, 7) is 2.37. The molecule has 0 heterocycles. The molecule has 10 heteroatoms. The average molecular weight is 451 g/mol. The summed E-state index contributed by atoms with van der Waals surface area (Å²) in [7, 11) is -3.91. The Morgan fingerprint density at radius 3 is 1.77 bits per heavy atom. The minimum absolute atomic E-state index is 0.0144. The van der Waals surface area contributed by atoms with Crippen molar-refractivity contribution in [2.45, 2.75) is 102 Å². The zero-order valence-electron chi connectivity index (χ0n) is 18.5. The Labute approximate surface area is 180 Å². The first kappa shape index (κ1) is 27.0. The maximum absolute atomic E-state index is 12.1. The van der Waals surface area contributed by atoms with Gasteiger partial charge in [-0.3, -0.25) is 14.7 Å². The number of hydrogen-bond donors (Lipinski definition) is 1. The van der Waals surface area contributed by atoms with Crippen LogP contribution in [0.15, 0.2) is 0 Å². The molecule has 2 N–H and O–H groups in total. The lowest BCUT2D eigenvalue weighted by Crippen LogP contribution is -2.95. The molecule has 30 heavy (non-hydrogen) atoms. The third-order valence-electron chi connectivity index (χ3n) is 5.70. The summed E-state index contributed by atoms with van der Waals surface area (Å²) in [5.41, 5.74) is -1.62. The minimum Gasteiger partial charge on any atom is -0.549 e. The van der Waals surface area contributed by atoms with Crippen molar-refractivity contribution in [3.8, 4) is 0 Å². The summed E-state index contributed by atoms with van der Waals surface area (Å²) in [5.74, 6) is -1.67. The average Bonchev–Trinajstić information content (AvgIpc) is 2.70. The third kappa shape index (κ3) is 10.3. The Hall–Kier alpha value is -1.02. The molecule has 2 rings (SSSR count). The van der Waals surface area contributed by atoms with Gasteiger partial charge in [0.15, 0.2) is 0 Å². The van der Waals surface area contributed by atoms with Crippen LogP contribution in [0.3, 0.4) is 0 Å². The maximum atomic E-state index is 12.1. The molecule has 0 radical (unpaired) electrons. The van der Waals surface area contributed by atoms with Crippen molar-refractivity contribution in [3.63, 3.8) is 0 Å². The zero-order valence-corrected chi connectivity index (χ0v) is 19.4. The number of quaternary nitrogens is 1. The number of carbonyl (C=O) groups is 1. The van der Waals surface area contributed by atoms with Crippen LogP contribution in [0, 0.1) is 10.1 Å². The van der Waals surface area contributed by atoms with Crippen molar-refractivity contribution in [2.24, 2.45) is 0 Å². The van der Waals surface area contributed by atoms with Crippen molar-refractivity contribution in [2.75, 3.05) is 19.8 Å². The van der Waals surface area contributed by atoms with E-state index < -0.39 is 37.1 Å². The Kier molecular flexibility index (Phi) is 13.4. The maximum Gasteiger partial charge on any atom is 0.339 e. The lowest BCUT2D eigenvalue weighted by atomic mass is 9.91. The zero-order chi connectivity index (χ0) is 22.4. The summed E-state index contributed by atoms with van der Waals surface area (Å²) in [6, 6.07) is 1.99. The minimum atomic E-state index is -3.91. The third-order valence-corrected chi connectivity index (χ3v) is 8.17. The molecule has 1 atom stereocenters. The lowest BCUT2D eigenvalue weighted by Gasteiger charge is -2.27. The summed E-state index contributed by atoms with van der Waals surface area (Å²) in [5, 5.41) is 23.8. The highest BCUT2D eigenvalue weighted by Crippen LogP contribution is 2.54. The number of carboxylic acids is 1. The number of carboxylic acid groups (broad SMARTS) is 1. The van der Waals surface area contributed by atoms with Crippen molar-refractivity contribution in [3.05, 3.63) is 10.1 Å². The van der Waals surface area contributed by atoms with E-state index in [1.165, 1.54) is 78.1 Å². The fourth-order valence-corrected chi connectivity index (χ4v) is 6.09. The number of nitrogens with two attached hydrogens (primary N) is 1. The van der Waals surface area contributed by atoms with Gasteiger partial charge in [-0.25, -0.2) is 0 Å². The molecule has 0 saturated heterocycles. The molecule has 0 spiro atoms. The standard InChI is InChI=1S/C12H23N.C8H16NO7P/c1-3-7-11(8-4-1)13-12-9-5-2-6-10-12;1-3-15-17(14,16-4-2)7(8(10)11)5-6-9(12)13/h11-13H,1-10H2;7H,3-6H2,1-2H3,(H,10,11). The van der Waals surface area contributed by atoms with Crippen LogP contribution < -0.4 is 10.4 Å². The van der Waals surface area contributed by atoms with E-state index in [0.717, 1.165) is 12.1 Å². The quantitative estimate of drug-likeness (QED) is 0.290. The molecule has 0 amide bonds. The van der Waals surface area contributed by atoms with E-state index in [-0.39, 0.29) is 13.2 Å². The lowest BCUT2D eigenvalue weighted by molar-refractivity contribution is -0.725. The topological polar surface area (TPSA) is 135 Å². The Morgan fingerprint density at radius 2 is 1.43 bits per heavy atom. The van der Waals surface area contributed by atoms with Gasteiger partial charge in [0.1, 0.15) is 5.66 Å². The van der Waals surface area contributed by atoms with Gasteiger partial charge in [-0.05, 0) is 65.2 Å². The van der Waals surface area contributed by atoms with Crippen molar-refractivity contribution < 1.29 is 33.8 Å². The molecular weight excluding hydrogens is 411 g/mol. The molecule has 0 aliphatic heterocycles. The van der Waals surface area contributed by atoms with Gasteiger partial charge in [0.05, 0.1) is 31.3 Å². The van der Waals surface area contributed by atoms with Crippen LogP contribution in [0.2, 0.25) is 0 Å². The number of rotatable bonds is 11. The molecular formula is C20H39N2O7P. The van der Waals surface area contributed by atoms with Gasteiger partial charge in [-0.1, -0.05) is 12.8 Å². The van der Waals surface area contributed by atoms with Gasteiger partial charge in [-0.15, -0.1) is 0 Å². The number of nitrogens with zero attached hydrogens (tertiary/aromatic N) is 1. The smallest absolute Gasteiger partial charge is 0.339 e. The van der Waals surface area contributed by atoms with Crippen molar-refractivity contribution in [1.29, 1.82) is 0 Å². The van der Waals surface area contributed by atoms with Gasteiger partial charge < -0.3 is 24.3 Å². The monoisotopic (exact) mass is 450 g/mol. The van der Waals surface area contributed by atoms with Crippen molar-refractivity contribution >= 4 is 13.6 Å². The Bertz CT molecular complexity index is 523. The second-order valence-corrected chi connectivity index (χ2v) is 10.3. The van der Waals surface area contributed by atoms with Crippen LogP contribution >= 0.6 is 7.60 Å². The van der Waals surface area contributed by atoms with Crippen LogP contribution in [0.4, 0.5) is 0 Å². The van der Waals surface area contributed by atoms with Gasteiger partial charge in [0.25, 0.3) is 0 Å². The van der Waals surface area contributed by atoms with Crippen LogP contribution in [-0.4, -0.2) is 48.4 Å². The number of nitro groups is 1.